The second kappa shape index (κ2) is 5.06. The summed E-state index contributed by atoms with van der Waals surface area (Å²) in [4.78, 5) is 0. The molecule has 0 aromatic rings. The van der Waals surface area contributed by atoms with Crippen LogP contribution < -0.4 is 0 Å². The predicted molar refractivity (Wildman–Crippen MR) is 32.8 cm³/mol. The highest BCUT2D eigenvalue weighted by atomic mass is 16.5. The van der Waals surface area contributed by atoms with Gasteiger partial charge >= 0.3 is 0 Å². The molecule has 0 saturated carbocycles. The van der Waals surface area contributed by atoms with E-state index >= 15 is 0 Å². The van der Waals surface area contributed by atoms with Crippen LogP contribution in [0.3, 0.4) is 0 Å². The largest absolute Gasteiger partial charge is 0.400 e. The molecule has 1 atom stereocenters. The maximum Gasteiger partial charge on any atom is 0.0594 e. The molecule has 0 spiro atoms. The zero-order valence-corrected chi connectivity index (χ0v) is 5.55. The maximum atomic E-state index is 7.00. The standard InChI is InChI=1S/C5H10O.CH4O/c1-2-5-3-4-6-5;1-2/h5H,2-4H2,1H3;2H,1H3. The molecule has 0 bridgehead atoms. The highest BCUT2D eigenvalue weighted by molar-refractivity contribution is 4.62. The van der Waals surface area contributed by atoms with Crippen LogP contribution in [0, 0.1) is 0 Å². The third-order valence-electron chi connectivity index (χ3n) is 1.25. The molecule has 1 heterocycles. The summed E-state index contributed by atoms with van der Waals surface area (Å²) in [7, 11) is 1.00. The van der Waals surface area contributed by atoms with Crippen molar-refractivity contribution in [3.8, 4) is 0 Å². The smallest absolute Gasteiger partial charge is 0.0594 e. The monoisotopic (exact) mass is 118 g/mol. The van der Waals surface area contributed by atoms with E-state index in [-0.39, 0.29) is 0 Å². The van der Waals surface area contributed by atoms with Gasteiger partial charge in [0.05, 0.1) is 6.10 Å². The first-order valence-electron chi connectivity index (χ1n) is 3.00. The van der Waals surface area contributed by atoms with Crippen LogP contribution in [0.2, 0.25) is 0 Å². The predicted octanol–water partition coefficient (Wildman–Crippen LogP) is 0.794. The Bertz CT molecular complexity index is 39.0. The third kappa shape index (κ3) is 2.28. The van der Waals surface area contributed by atoms with E-state index in [1.165, 1.54) is 12.8 Å². The summed E-state index contributed by atoms with van der Waals surface area (Å²) >= 11 is 0. The topological polar surface area (TPSA) is 29.5 Å². The van der Waals surface area contributed by atoms with E-state index in [4.69, 9.17) is 9.84 Å². The molecule has 1 aliphatic heterocycles. The molecule has 0 aliphatic carbocycles. The van der Waals surface area contributed by atoms with E-state index in [1.54, 1.807) is 0 Å². The van der Waals surface area contributed by atoms with Gasteiger partial charge in [0.15, 0.2) is 0 Å². The van der Waals surface area contributed by atoms with Crippen LogP contribution in [0.5, 0.6) is 0 Å². The summed E-state index contributed by atoms with van der Waals surface area (Å²) in [5, 5.41) is 7.00. The molecular formula is C6H14O2. The van der Waals surface area contributed by atoms with Gasteiger partial charge in [-0.25, -0.2) is 0 Å². The van der Waals surface area contributed by atoms with Crippen LogP contribution in [-0.2, 0) is 4.74 Å². The Morgan fingerprint density at radius 2 is 2.12 bits per heavy atom. The van der Waals surface area contributed by atoms with E-state index in [2.05, 4.69) is 6.92 Å². The Balaban J connectivity index is 0.000000222. The zero-order chi connectivity index (χ0) is 6.41. The lowest BCUT2D eigenvalue weighted by Gasteiger charge is -2.24. The maximum absolute atomic E-state index is 7.00. The molecule has 1 saturated heterocycles. The second-order valence-electron chi connectivity index (χ2n) is 1.69. The number of ether oxygens (including phenoxy) is 1. The summed E-state index contributed by atoms with van der Waals surface area (Å²) in [6.07, 6.45) is 3.10. The van der Waals surface area contributed by atoms with E-state index in [0.29, 0.717) is 6.10 Å². The van der Waals surface area contributed by atoms with Crippen LogP contribution in [0.15, 0.2) is 0 Å². The summed E-state index contributed by atoms with van der Waals surface area (Å²) < 4.78 is 5.08. The first-order chi connectivity index (χ1) is 3.93. The molecule has 2 heteroatoms. The van der Waals surface area contributed by atoms with Crippen molar-refractivity contribution in [2.24, 2.45) is 0 Å². The quantitative estimate of drug-likeness (QED) is 0.551. The fraction of sp³-hybridized carbons (Fsp3) is 1.00. The zero-order valence-electron chi connectivity index (χ0n) is 5.55. The Kier molecular flexibility index (Phi) is 5.01. The Hall–Kier alpha value is -0.0800. The van der Waals surface area contributed by atoms with Crippen LogP contribution in [-0.4, -0.2) is 24.9 Å². The van der Waals surface area contributed by atoms with Gasteiger partial charge in [-0.1, -0.05) is 6.92 Å². The van der Waals surface area contributed by atoms with Crippen molar-refractivity contribution in [3.63, 3.8) is 0 Å². The molecule has 0 aromatic carbocycles. The van der Waals surface area contributed by atoms with Gasteiger partial charge in [0.25, 0.3) is 0 Å². The minimum atomic E-state index is 0.616. The molecular weight excluding hydrogens is 104 g/mol. The van der Waals surface area contributed by atoms with Gasteiger partial charge in [0.2, 0.25) is 0 Å². The molecule has 1 unspecified atom stereocenters. The lowest BCUT2D eigenvalue weighted by molar-refractivity contribution is -0.0516. The fourth-order valence-corrected chi connectivity index (χ4v) is 0.606. The van der Waals surface area contributed by atoms with Crippen LogP contribution >= 0.6 is 0 Å². The Morgan fingerprint density at radius 3 is 2.12 bits per heavy atom. The molecule has 50 valence electrons. The van der Waals surface area contributed by atoms with Crippen LogP contribution in [0.4, 0.5) is 0 Å². The fourth-order valence-electron chi connectivity index (χ4n) is 0.606. The van der Waals surface area contributed by atoms with Gasteiger partial charge in [-0.15, -0.1) is 0 Å². The molecule has 8 heavy (non-hydrogen) atoms. The normalized spacial score (nSPS) is 25.1. The lowest BCUT2D eigenvalue weighted by atomic mass is 10.1. The Morgan fingerprint density at radius 1 is 1.62 bits per heavy atom. The van der Waals surface area contributed by atoms with Crippen molar-refractivity contribution in [3.05, 3.63) is 0 Å². The van der Waals surface area contributed by atoms with E-state index in [9.17, 15) is 0 Å². The highest BCUT2D eigenvalue weighted by Gasteiger charge is 2.13. The van der Waals surface area contributed by atoms with Crippen LogP contribution in [0.1, 0.15) is 19.8 Å². The van der Waals surface area contributed by atoms with Gasteiger partial charge < -0.3 is 9.84 Å². The summed E-state index contributed by atoms with van der Waals surface area (Å²) in [5.41, 5.74) is 0. The van der Waals surface area contributed by atoms with Gasteiger partial charge in [-0.2, -0.15) is 0 Å². The minimum Gasteiger partial charge on any atom is -0.400 e. The molecule has 1 N–H and O–H groups in total. The SMILES string of the molecule is CCC1CCO1.CO. The van der Waals surface area contributed by atoms with E-state index in [0.717, 1.165) is 13.7 Å². The van der Waals surface area contributed by atoms with Gasteiger partial charge in [0, 0.05) is 13.7 Å². The molecule has 0 amide bonds. The number of hydrogen-bond donors (Lipinski definition) is 1. The number of aliphatic hydroxyl groups is 1. The molecule has 0 aromatic heterocycles. The van der Waals surface area contributed by atoms with Gasteiger partial charge in [0.1, 0.15) is 0 Å². The van der Waals surface area contributed by atoms with Gasteiger partial charge in [-0.3, -0.25) is 0 Å². The van der Waals surface area contributed by atoms with E-state index < -0.39 is 0 Å². The van der Waals surface area contributed by atoms with Crippen molar-refractivity contribution in [2.75, 3.05) is 13.7 Å². The van der Waals surface area contributed by atoms with Crippen molar-refractivity contribution < 1.29 is 9.84 Å². The van der Waals surface area contributed by atoms with Crippen molar-refractivity contribution in [1.82, 2.24) is 0 Å². The summed E-state index contributed by atoms with van der Waals surface area (Å²) in [6, 6.07) is 0. The van der Waals surface area contributed by atoms with Crippen LogP contribution in [0.25, 0.3) is 0 Å². The van der Waals surface area contributed by atoms with Gasteiger partial charge in [-0.05, 0) is 12.8 Å². The van der Waals surface area contributed by atoms with Crippen molar-refractivity contribution >= 4 is 0 Å². The number of aliphatic hydroxyl groups excluding tert-OH is 1. The number of rotatable bonds is 1. The second-order valence-corrected chi connectivity index (χ2v) is 1.69. The molecule has 0 radical (unpaired) electrons. The average molecular weight is 118 g/mol. The van der Waals surface area contributed by atoms with Crippen molar-refractivity contribution in [2.45, 2.75) is 25.9 Å². The average Bonchev–Trinajstić information content (AvgIpc) is 1.69. The van der Waals surface area contributed by atoms with E-state index in [1.807, 2.05) is 0 Å². The molecule has 2 nitrogen and oxygen atoms in total. The third-order valence-corrected chi connectivity index (χ3v) is 1.25. The highest BCUT2D eigenvalue weighted by Crippen LogP contribution is 2.12. The summed E-state index contributed by atoms with van der Waals surface area (Å²) in [5.74, 6) is 0. The minimum absolute atomic E-state index is 0.616. The Labute approximate surface area is 50.5 Å². The lowest BCUT2D eigenvalue weighted by Crippen LogP contribution is -2.25. The van der Waals surface area contributed by atoms with Crippen molar-refractivity contribution in [1.29, 1.82) is 0 Å². The summed E-state index contributed by atoms with van der Waals surface area (Å²) in [6.45, 7) is 3.16. The first-order valence-corrected chi connectivity index (χ1v) is 3.00. The molecule has 1 rings (SSSR count). The first kappa shape index (κ1) is 7.92. The molecule has 1 fully saturated rings. The number of hydrogen-bond acceptors (Lipinski definition) is 2. The molecule has 1 aliphatic rings.